The Bertz CT molecular complexity index is 1330. The second kappa shape index (κ2) is 9.83. The molecule has 0 atom stereocenters. The summed E-state index contributed by atoms with van der Waals surface area (Å²) in [4.78, 5) is 12.5. The first-order chi connectivity index (χ1) is 16.4. The highest BCUT2D eigenvalue weighted by Gasteiger charge is 2.19. The minimum atomic E-state index is -1.25. The summed E-state index contributed by atoms with van der Waals surface area (Å²) in [5.74, 6) is -3.81. The number of aryl methyl sites for hydroxylation is 1. The van der Waals surface area contributed by atoms with Crippen LogP contribution >= 0.6 is 0 Å². The third-order valence-electron chi connectivity index (χ3n) is 5.53. The van der Waals surface area contributed by atoms with Gasteiger partial charge in [0.2, 0.25) is 5.82 Å². The van der Waals surface area contributed by atoms with E-state index in [4.69, 9.17) is 9.47 Å². The number of carbonyl (C=O) groups is 1. The largest absolute Gasteiger partial charge is 0.497 e. The smallest absolute Gasteiger partial charge is 0.343 e. The molecule has 4 rings (SSSR count). The predicted octanol–water partition coefficient (Wildman–Crippen LogP) is 7.23. The molecule has 3 nitrogen and oxygen atoms in total. The quantitative estimate of drug-likeness (QED) is 0.224. The van der Waals surface area contributed by atoms with Crippen molar-refractivity contribution in [2.45, 2.75) is 13.3 Å². The maximum atomic E-state index is 14.7. The van der Waals surface area contributed by atoms with Crippen LogP contribution in [0.3, 0.4) is 0 Å². The average molecular weight is 462 g/mol. The van der Waals surface area contributed by atoms with Gasteiger partial charge in [0.1, 0.15) is 11.6 Å². The van der Waals surface area contributed by atoms with Crippen molar-refractivity contribution in [2.75, 3.05) is 7.11 Å². The van der Waals surface area contributed by atoms with Crippen LogP contribution in [0.25, 0.3) is 22.3 Å². The molecule has 0 aliphatic rings. The molecule has 0 saturated carbocycles. The van der Waals surface area contributed by atoms with E-state index in [-0.39, 0.29) is 11.1 Å². The van der Waals surface area contributed by atoms with E-state index in [1.54, 1.807) is 36.4 Å². The van der Waals surface area contributed by atoms with E-state index < -0.39 is 29.2 Å². The predicted molar refractivity (Wildman–Crippen MR) is 125 cm³/mol. The van der Waals surface area contributed by atoms with Gasteiger partial charge < -0.3 is 9.47 Å². The van der Waals surface area contributed by atoms with Gasteiger partial charge in [-0.1, -0.05) is 43.3 Å². The molecule has 0 fully saturated rings. The number of benzene rings is 4. The van der Waals surface area contributed by atoms with Gasteiger partial charge in [-0.15, -0.1) is 0 Å². The molecule has 4 aromatic carbocycles. The van der Waals surface area contributed by atoms with E-state index >= 15 is 0 Å². The summed E-state index contributed by atoms with van der Waals surface area (Å²) in [5, 5.41) is 0. The van der Waals surface area contributed by atoms with E-state index in [9.17, 15) is 18.0 Å². The highest BCUT2D eigenvalue weighted by molar-refractivity contribution is 5.91. The first-order valence-corrected chi connectivity index (χ1v) is 10.6. The van der Waals surface area contributed by atoms with E-state index in [0.29, 0.717) is 22.4 Å². The third-order valence-corrected chi connectivity index (χ3v) is 5.53. The Morgan fingerprint density at radius 2 is 1.38 bits per heavy atom. The van der Waals surface area contributed by atoms with Gasteiger partial charge >= 0.3 is 5.97 Å². The Morgan fingerprint density at radius 3 is 2.00 bits per heavy atom. The molecule has 0 unspecified atom stereocenters. The highest BCUT2D eigenvalue weighted by Crippen LogP contribution is 2.31. The van der Waals surface area contributed by atoms with Crippen LogP contribution < -0.4 is 9.47 Å². The van der Waals surface area contributed by atoms with Gasteiger partial charge in [-0.05, 0) is 59.5 Å². The number of carbonyl (C=O) groups excluding carboxylic acids is 1. The molecule has 0 heterocycles. The van der Waals surface area contributed by atoms with Crippen molar-refractivity contribution < 1.29 is 27.4 Å². The standard InChI is InChI=1S/C28H21F3O3/c1-3-17-4-6-19(7-5-17)23-14-15-25(27(31)26(23)30)34-28(32)20-10-8-18(9-11-20)22-13-12-21(33-2)16-24(22)29/h4-16H,3H2,1-2H3. The molecule has 0 saturated heterocycles. The molecule has 0 aliphatic heterocycles. The van der Waals surface area contributed by atoms with Crippen molar-refractivity contribution in [2.24, 2.45) is 0 Å². The Balaban J connectivity index is 1.52. The number of hydrogen-bond donors (Lipinski definition) is 0. The van der Waals surface area contributed by atoms with Crippen LogP contribution in [0.4, 0.5) is 13.2 Å². The summed E-state index contributed by atoms with van der Waals surface area (Å²) in [6.45, 7) is 2.00. The topological polar surface area (TPSA) is 35.5 Å². The molecule has 0 N–H and O–H groups in total. The molecular formula is C28H21F3O3. The SMILES string of the molecule is CCc1ccc(-c2ccc(OC(=O)c3ccc(-c4ccc(OC)cc4F)cc3)c(F)c2F)cc1. The van der Waals surface area contributed by atoms with Gasteiger partial charge in [-0.3, -0.25) is 0 Å². The lowest BCUT2D eigenvalue weighted by molar-refractivity contribution is 0.0727. The van der Waals surface area contributed by atoms with E-state index in [2.05, 4.69) is 0 Å². The molecule has 172 valence electrons. The fourth-order valence-electron chi connectivity index (χ4n) is 3.56. The van der Waals surface area contributed by atoms with Crippen LogP contribution in [0.15, 0.2) is 78.9 Å². The lowest BCUT2D eigenvalue weighted by atomic mass is 10.0. The van der Waals surface area contributed by atoms with E-state index in [1.165, 1.54) is 37.4 Å². The van der Waals surface area contributed by atoms with E-state index in [1.807, 2.05) is 19.1 Å². The molecular weight excluding hydrogens is 441 g/mol. The molecule has 0 amide bonds. The van der Waals surface area contributed by atoms with Gasteiger partial charge in [0, 0.05) is 17.2 Å². The summed E-state index contributed by atoms with van der Waals surface area (Å²) >= 11 is 0. The van der Waals surface area contributed by atoms with Gasteiger partial charge in [0.05, 0.1) is 12.7 Å². The minimum absolute atomic E-state index is 0.0748. The van der Waals surface area contributed by atoms with Crippen molar-refractivity contribution in [3.8, 4) is 33.8 Å². The second-order valence-electron chi connectivity index (χ2n) is 7.60. The van der Waals surface area contributed by atoms with Crippen molar-refractivity contribution in [1.82, 2.24) is 0 Å². The van der Waals surface area contributed by atoms with Crippen molar-refractivity contribution in [3.63, 3.8) is 0 Å². The van der Waals surface area contributed by atoms with Crippen molar-refractivity contribution >= 4 is 5.97 Å². The van der Waals surface area contributed by atoms with Crippen LogP contribution in [0.2, 0.25) is 0 Å². The molecule has 4 aromatic rings. The highest BCUT2D eigenvalue weighted by atomic mass is 19.2. The Morgan fingerprint density at radius 1 is 0.765 bits per heavy atom. The van der Waals surface area contributed by atoms with Crippen molar-refractivity contribution in [1.29, 1.82) is 0 Å². The molecule has 34 heavy (non-hydrogen) atoms. The van der Waals surface area contributed by atoms with Crippen LogP contribution in [0.1, 0.15) is 22.8 Å². The number of methoxy groups -OCH3 is 1. The van der Waals surface area contributed by atoms with Crippen LogP contribution in [0.5, 0.6) is 11.5 Å². The third kappa shape index (κ3) is 4.66. The maximum absolute atomic E-state index is 14.7. The van der Waals surface area contributed by atoms with Gasteiger partial charge in [-0.2, -0.15) is 4.39 Å². The molecule has 0 spiro atoms. The fraction of sp³-hybridized carbons (Fsp3) is 0.107. The zero-order chi connectivity index (χ0) is 24.2. The number of esters is 1. The first kappa shape index (κ1) is 23.1. The Labute approximate surface area is 195 Å². The van der Waals surface area contributed by atoms with E-state index in [0.717, 1.165) is 12.0 Å². The van der Waals surface area contributed by atoms with Gasteiger partial charge in [0.15, 0.2) is 11.6 Å². The monoisotopic (exact) mass is 462 g/mol. The van der Waals surface area contributed by atoms with Gasteiger partial charge in [0.25, 0.3) is 0 Å². The first-order valence-electron chi connectivity index (χ1n) is 10.6. The lowest BCUT2D eigenvalue weighted by Crippen LogP contribution is -2.10. The number of rotatable bonds is 6. The average Bonchev–Trinajstić information content (AvgIpc) is 2.87. The minimum Gasteiger partial charge on any atom is -0.497 e. The summed E-state index contributed by atoms with van der Waals surface area (Å²) in [5.41, 5.74) is 2.65. The summed E-state index contributed by atoms with van der Waals surface area (Å²) in [7, 11) is 1.45. The summed E-state index contributed by atoms with van der Waals surface area (Å²) < 4.78 is 53.7. The number of ether oxygens (including phenoxy) is 2. The van der Waals surface area contributed by atoms with Crippen LogP contribution in [-0.4, -0.2) is 13.1 Å². The molecule has 0 bridgehead atoms. The van der Waals surface area contributed by atoms with Crippen LogP contribution in [0, 0.1) is 17.5 Å². The number of hydrogen-bond acceptors (Lipinski definition) is 3. The van der Waals surface area contributed by atoms with Crippen LogP contribution in [-0.2, 0) is 6.42 Å². The molecule has 0 aliphatic carbocycles. The fourth-order valence-corrected chi connectivity index (χ4v) is 3.56. The second-order valence-corrected chi connectivity index (χ2v) is 7.60. The maximum Gasteiger partial charge on any atom is 0.343 e. The summed E-state index contributed by atoms with van der Waals surface area (Å²) in [6, 6.07) is 20.1. The Hall–Kier alpha value is -4.06. The number of halogens is 3. The summed E-state index contributed by atoms with van der Waals surface area (Å²) in [6.07, 6.45) is 0.835. The lowest BCUT2D eigenvalue weighted by Gasteiger charge is -2.10. The normalized spacial score (nSPS) is 10.7. The zero-order valence-electron chi connectivity index (χ0n) is 18.6. The molecule has 0 radical (unpaired) electrons. The Kier molecular flexibility index (Phi) is 6.68. The van der Waals surface area contributed by atoms with Gasteiger partial charge in [-0.25, -0.2) is 13.6 Å². The zero-order valence-corrected chi connectivity index (χ0v) is 18.6. The van der Waals surface area contributed by atoms with Crippen molar-refractivity contribution in [3.05, 3.63) is 107 Å². The molecule has 0 aromatic heterocycles. The molecule has 6 heteroatoms.